The lowest BCUT2D eigenvalue weighted by atomic mass is 10.1. The first-order valence-electron chi connectivity index (χ1n) is 6.96. The number of nitrogens with zero attached hydrogens (tertiary/aromatic N) is 3. The largest absolute Gasteiger partial charge is 0.361 e. The zero-order valence-corrected chi connectivity index (χ0v) is 16.6. The van der Waals surface area contributed by atoms with Gasteiger partial charge in [0.1, 0.15) is 5.76 Å². The third-order valence-electron chi connectivity index (χ3n) is 3.41. The summed E-state index contributed by atoms with van der Waals surface area (Å²) in [6.45, 7) is 5.59. The predicted molar refractivity (Wildman–Crippen MR) is 102 cm³/mol. The topological polar surface area (TPSA) is 53.7 Å². The Balaban J connectivity index is 0.00000242. The summed E-state index contributed by atoms with van der Waals surface area (Å²) >= 11 is 1.72. The quantitative estimate of drug-likeness (QED) is 0.446. The van der Waals surface area contributed by atoms with E-state index in [-0.39, 0.29) is 24.0 Å². The molecular weight excluding hydrogens is 411 g/mol. The fourth-order valence-electron chi connectivity index (χ4n) is 2.27. The lowest BCUT2D eigenvalue weighted by Gasteiger charge is -2.21. The van der Waals surface area contributed by atoms with Crippen molar-refractivity contribution in [3.8, 4) is 0 Å². The molecule has 0 bridgehead atoms. The van der Waals surface area contributed by atoms with Gasteiger partial charge in [-0.1, -0.05) is 5.16 Å². The molecule has 0 radical (unpaired) electrons. The van der Waals surface area contributed by atoms with Gasteiger partial charge in [0.25, 0.3) is 0 Å². The summed E-state index contributed by atoms with van der Waals surface area (Å²) in [5.41, 5.74) is 3.45. The number of halogens is 1. The van der Waals surface area contributed by atoms with Gasteiger partial charge in [0.2, 0.25) is 0 Å². The SMILES string of the molecule is CN=C(NCCc1c(C)noc1C)N(C)Cc1ccsc1.I. The van der Waals surface area contributed by atoms with Gasteiger partial charge >= 0.3 is 0 Å². The Morgan fingerprint density at radius 3 is 2.77 bits per heavy atom. The summed E-state index contributed by atoms with van der Waals surface area (Å²) < 4.78 is 5.18. The van der Waals surface area contributed by atoms with E-state index in [0.717, 1.165) is 36.9 Å². The maximum Gasteiger partial charge on any atom is 0.193 e. The number of hydrogen-bond donors (Lipinski definition) is 1. The van der Waals surface area contributed by atoms with Crippen molar-refractivity contribution >= 4 is 41.3 Å². The molecule has 0 unspecified atom stereocenters. The molecule has 2 heterocycles. The molecule has 0 atom stereocenters. The summed E-state index contributed by atoms with van der Waals surface area (Å²) in [6.07, 6.45) is 0.881. The number of nitrogens with one attached hydrogen (secondary N) is 1. The van der Waals surface area contributed by atoms with Crippen LogP contribution in [0.2, 0.25) is 0 Å². The van der Waals surface area contributed by atoms with Crippen molar-refractivity contribution in [3.05, 3.63) is 39.4 Å². The zero-order chi connectivity index (χ0) is 15.2. The molecule has 5 nitrogen and oxygen atoms in total. The van der Waals surface area contributed by atoms with E-state index in [2.05, 4.69) is 37.2 Å². The lowest BCUT2D eigenvalue weighted by molar-refractivity contribution is 0.392. The number of aliphatic imine (C=N–C) groups is 1. The van der Waals surface area contributed by atoms with Crippen LogP contribution in [-0.4, -0.2) is 36.7 Å². The van der Waals surface area contributed by atoms with Gasteiger partial charge in [-0.2, -0.15) is 11.3 Å². The Bertz CT molecular complexity index is 575. The lowest BCUT2D eigenvalue weighted by Crippen LogP contribution is -2.39. The first-order chi connectivity index (χ1) is 10.1. The van der Waals surface area contributed by atoms with Gasteiger partial charge in [-0.05, 0) is 42.7 Å². The van der Waals surface area contributed by atoms with Crippen molar-refractivity contribution in [2.24, 2.45) is 4.99 Å². The monoisotopic (exact) mass is 434 g/mol. The van der Waals surface area contributed by atoms with Crippen molar-refractivity contribution in [2.75, 3.05) is 20.6 Å². The molecule has 122 valence electrons. The van der Waals surface area contributed by atoms with Crippen LogP contribution in [-0.2, 0) is 13.0 Å². The molecule has 0 aliphatic rings. The van der Waals surface area contributed by atoms with Gasteiger partial charge in [-0.3, -0.25) is 4.99 Å². The van der Waals surface area contributed by atoms with Crippen LogP contribution in [0.25, 0.3) is 0 Å². The van der Waals surface area contributed by atoms with Crippen LogP contribution in [0.5, 0.6) is 0 Å². The molecule has 0 aromatic carbocycles. The van der Waals surface area contributed by atoms with Crippen LogP contribution in [0.3, 0.4) is 0 Å². The second kappa shape index (κ2) is 9.14. The number of aromatic nitrogens is 1. The minimum atomic E-state index is 0. The van der Waals surface area contributed by atoms with Gasteiger partial charge < -0.3 is 14.7 Å². The van der Waals surface area contributed by atoms with E-state index in [0.29, 0.717) is 0 Å². The zero-order valence-electron chi connectivity index (χ0n) is 13.4. The molecular formula is C15H23IN4OS. The van der Waals surface area contributed by atoms with Crippen molar-refractivity contribution in [1.29, 1.82) is 0 Å². The highest BCUT2D eigenvalue weighted by Gasteiger charge is 2.10. The minimum Gasteiger partial charge on any atom is -0.361 e. The molecule has 0 aliphatic carbocycles. The first-order valence-corrected chi connectivity index (χ1v) is 7.90. The average Bonchev–Trinajstić information content (AvgIpc) is 3.07. The van der Waals surface area contributed by atoms with E-state index in [9.17, 15) is 0 Å². The van der Waals surface area contributed by atoms with Gasteiger partial charge in [0, 0.05) is 32.7 Å². The van der Waals surface area contributed by atoms with E-state index in [1.54, 1.807) is 11.3 Å². The number of aryl methyl sites for hydroxylation is 2. The number of guanidine groups is 1. The van der Waals surface area contributed by atoms with Crippen LogP contribution in [0, 0.1) is 13.8 Å². The smallest absolute Gasteiger partial charge is 0.193 e. The maximum absolute atomic E-state index is 5.18. The highest BCUT2D eigenvalue weighted by molar-refractivity contribution is 14.0. The van der Waals surface area contributed by atoms with E-state index < -0.39 is 0 Å². The Kier molecular flexibility index (Phi) is 7.88. The Morgan fingerprint density at radius 1 is 1.45 bits per heavy atom. The van der Waals surface area contributed by atoms with Crippen molar-refractivity contribution in [2.45, 2.75) is 26.8 Å². The fraction of sp³-hybridized carbons (Fsp3) is 0.467. The van der Waals surface area contributed by atoms with Crippen LogP contribution in [0.1, 0.15) is 22.6 Å². The van der Waals surface area contributed by atoms with Crippen LogP contribution < -0.4 is 5.32 Å². The third kappa shape index (κ3) is 4.98. The van der Waals surface area contributed by atoms with Crippen molar-refractivity contribution in [3.63, 3.8) is 0 Å². The summed E-state index contributed by atoms with van der Waals surface area (Å²) in [5, 5.41) is 11.6. The molecule has 0 saturated carbocycles. The normalized spacial score (nSPS) is 11.2. The summed E-state index contributed by atoms with van der Waals surface area (Å²) in [4.78, 5) is 6.45. The summed E-state index contributed by atoms with van der Waals surface area (Å²) in [5.74, 6) is 1.80. The average molecular weight is 434 g/mol. The van der Waals surface area contributed by atoms with E-state index in [1.165, 1.54) is 11.1 Å². The molecule has 7 heteroatoms. The highest BCUT2D eigenvalue weighted by Crippen LogP contribution is 2.12. The maximum atomic E-state index is 5.18. The molecule has 0 aliphatic heterocycles. The van der Waals surface area contributed by atoms with Gasteiger partial charge in [-0.15, -0.1) is 24.0 Å². The Labute approximate surface area is 152 Å². The van der Waals surface area contributed by atoms with E-state index in [4.69, 9.17) is 4.52 Å². The van der Waals surface area contributed by atoms with Gasteiger partial charge in [0.05, 0.1) is 5.69 Å². The van der Waals surface area contributed by atoms with Crippen molar-refractivity contribution < 1.29 is 4.52 Å². The second-order valence-electron chi connectivity index (χ2n) is 5.01. The molecule has 1 N–H and O–H groups in total. The van der Waals surface area contributed by atoms with Crippen LogP contribution >= 0.6 is 35.3 Å². The Morgan fingerprint density at radius 2 is 2.23 bits per heavy atom. The minimum absolute atomic E-state index is 0. The number of hydrogen-bond acceptors (Lipinski definition) is 4. The third-order valence-corrected chi connectivity index (χ3v) is 4.14. The predicted octanol–water partition coefficient (Wildman–Crippen LogP) is 3.22. The molecule has 2 aromatic rings. The molecule has 0 saturated heterocycles. The Hall–Kier alpha value is -1.09. The highest BCUT2D eigenvalue weighted by atomic mass is 127. The van der Waals surface area contributed by atoms with E-state index in [1.807, 2.05) is 27.9 Å². The molecule has 0 amide bonds. The summed E-state index contributed by atoms with van der Waals surface area (Å²) in [7, 11) is 3.85. The van der Waals surface area contributed by atoms with Crippen molar-refractivity contribution in [1.82, 2.24) is 15.4 Å². The standard InChI is InChI=1S/C15H22N4OS.HI/c1-11-14(12(2)20-18-11)5-7-17-15(16-3)19(4)9-13-6-8-21-10-13;/h6,8,10H,5,7,9H2,1-4H3,(H,16,17);1H. The molecule has 2 rings (SSSR count). The molecule has 0 fully saturated rings. The number of rotatable bonds is 5. The number of thiophene rings is 1. The fourth-order valence-corrected chi connectivity index (χ4v) is 2.93. The molecule has 2 aromatic heterocycles. The van der Waals surface area contributed by atoms with Crippen LogP contribution in [0.4, 0.5) is 0 Å². The van der Waals surface area contributed by atoms with E-state index >= 15 is 0 Å². The second-order valence-corrected chi connectivity index (χ2v) is 5.79. The molecule has 0 spiro atoms. The van der Waals surface area contributed by atoms with Gasteiger partial charge in [0.15, 0.2) is 5.96 Å². The molecule has 22 heavy (non-hydrogen) atoms. The van der Waals surface area contributed by atoms with Gasteiger partial charge in [-0.25, -0.2) is 0 Å². The first kappa shape index (κ1) is 19.0. The summed E-state index contributed by atoms with van der Waals surface area (Å²) in [6, 6.07) is 2.14. The van der Waals surface area contributed by atoms with Crippen LogP contribution in [0.15, 0.2) is 26.3 Å².